The van der Waals surface area contributed by atoms with Crippen LogP contribution >= 0.6 is 15.9 Å². The van der Waals surface area contributed by atoms with E-state index < -0.39 is 0 Å². The van der Waals surface area contributed by atoms with Crippen molar-refractivity contribution in [1.29, 1.82) is 0 Å². The molecule has 0 unspecified atom stereocenters. The maximum Gasteiger partial charge on any atom is 0.203 e. The standard InChI is InChI=1S/C18H19BrO3/c1-20-16-11-15(9-6-10-19)12-17(21-2)18(16)22-13-14-7-4-3-5-8-14/h3-9,11-12H,10,13H2,1-2H3/b9-6+. The highest BCUT2D eigenvalue weighted by atomic mass is 79.9. The van der Waals surface area contributed by atoms with Crippen molar-refractivity contribution in [2.24, 2.45) is 0 Å². The molecule has 0 fully saturated rings. The summed E-state index contributed by atoms with van der Waals surface area (Å²) < 4.78 is 16.8. The molecule has 0 aromatic heterocycles. The second-order valence-corrected chi connectivity index (χ2v) is 5.23. The first-order valence-electron chi connectivity index (χ1n) is 6.93. The molecule has 0 spiro atoms. The van der Waals surface area contributed by atoms with Crippen LogP contribution in [0.15, 0.2) is 48.5 Å². The molecule has 0 aliphatic rings. The summed E-state index contributed by atoms with van der Waals surface area (Å²) in [7, 11) is 3.25. The number of alkyl halides is 1. The second-order valence-electron chi connectivity index (χ2n) is 4.59. The van der Waals surface area contributed by atoms with Crippen LogP contribution in [0, 0.1) is 0 Å². The third-order valence-electron chi connectivity index (χ3n) is 3.11. The Hall–Kier alpha value is -1.94. The summed E-state index contributed by atoms with van der Waals surface area (Å²) in [5.74, 6) is 1.93. The van der Waals surface area contributed by atoms with Gasteiger partial charge in [0.25, 0.3) is 0 Å². The Morgan fingerprint density at radius 2 is 1.64 bits per heavy atom. The van der Waals surface area contributed by atoms with E-state index in [4.69, 9.17) is 14.2 Å². The van der Waals surface area contributed by atoms with Crippen LogP contribution in [0.25, 0.3) is 6.08 Å². The molecule has 2 aromatic rings. The van der Waals surface area contributed by atoms with Gasteiger partial charge in [0.2, 0.25) is 5.75 Å². The van der Waals surface area contributed by atoms with E-state index in [9.17, 15) is 0 Å². The lowest BCUT2D eigenvalue weighted by Gasteiger charge is -2.15. The molecule has 22 heavy (non-hydrogen) atoms. The molecule has 2 aromatic carbocycles. The lowest BCUT2D eigenvalue weighted by molar-refractivity contribution is 0.266. The van der Waals surface area contributed by atoms with Crippen LogP contribution in [0.2, 0.25) is 0 Å². The molecular formula is C18H19BrO3. The van der Waals surface area contributed by atoms with Crippen LogP contribution < -0.4 is 14.2 Å². The van der Waals surface area contributed by atoms with E-state index in [1.54, 1.807) is 14.2 Å². The lowest BCUT2D eigenvalue weighted by Crippen LogP contribution is -2.00. The van der Waals surface area contributed by atoms with Crippen molar-refractivity contribution >= 4 is 22.0 Å². The van der Waals surface area contributed by atoms with Crippen molar-refractivity contribution in [2.45, 2.75) is 6.61 Å². The number of allylic oxidation sites excluding steroid dienone is 1. The van der Waals surface area contributed by atoms with Crippen molar-refractivity contribution in [3.63, 3.8) is 0 Å². The van der Waals surface area contributed by atoms with Gasteiger partial charge in [-0.25, -0.2) is 0 Å². The Balaban J connectivity index is 2.26. The minimum atomic E-state index is 0.462. The van der Waals surface area contributed by atoms with E-state index >= 15 is 0 Å². The molecule has 4 heteroatoms. The Morgan fingerprint density at radius 1 is 1.00 bits per heavy atom. The van der Waals surface area contributed by atoms with Gasteiger partial charge >= 0.3 is 0 Å². The molecule has 0 bridgehead atoms. The van der Waals surface area contributed by atoms with Crippen LogP contribution in [-0.2, 0) is 6.61 Å². The SMILES string of the molecule is COc1cc(/C=C/CBr)cc(OC)c1OCc1ccccc1. The Bertz CT molecular complexity index is 598. The van der Waals surface area contributed by atoms with Crippen molar-refractivity contribution in [3.05, 3.63) is 59.7 Å². The summed E-state index contributed by atoms with van der Waals surface area (Å²) in [4.78, 5) is 0. The highest BCUT2D eigenvalue weighted by molar-refractivity contribution is 9.09. The van der Waals surface area contributed by atoms with Crippen LogP contribution in [0.1, 0.15) is 11.1 Å². The van der Waals surface area contributed by atoms with Gasteiger partial charge < -0.3 is 14.2 Å². The largest absolute Gasteiger partial charge is 0.493 e. The van der Waals surface area contributed by atoms with Gasteiger partial charge in [-0.15, -0.1) is 0 Å². The van der Waals surface area contributed by atoms with Gasteiger partial charge in [-0.05, 0) is 23.3 Å². The molecule has 116 valence electrons. The Kier molecular flexibility index (Phi) is 6.34. The predicted molar refractivity (Wildman–Crippen MR) is 93.1 cm³/mol. The summed E-state index contributed by atoms with van der Waals surface area (Å²) in [6, 6.07) is 13.9. The zero-order valence-electron chi connectivity index (χ0n) is 12.7. The minimum absolute atomic E-state index is 0.462. The molecule has 0 heterocycles. The van der Waals surface area contributed by atoms with Gasteiger partial charge in [0.05, 0.1) is 14.2 Å². The zero-order chi connectivity index (χ0) is 15.8. The third kappa shape index (κ3) is 4.28. The van der Waals surface area contributed by atoms with Gasteiger partial charge in [-0.3, -0.25) is 0 Å². The smallest absolute Gasteiger partial charge is 0.203 e. The minimum Gasteiger partial charge on any atom is -0.493 e. The van der Waals surface area contributed by atoms with Crippen molar-refractivity contribution < 1.29 is 14.2 Å². The quantitative estimate of drug-likeness (QED) is 0.668. The summed E-state index contributed by atoms with van der Waals surface area (Å²) >= 11 is 3.37. The molecule has 2 rings (SSSR count). The number of hydrogen-bond donors (Lipinski definition) is 0. The molecule has 0 radical (unpaired) electrons. The molecule has 0 atom stereocenters. The van der Waals surface area contributed by atoms with Crippen LogP contribution in [0.3, 0.4) is 0 Å². The lowest BCUT2D eigenvalue weighted by atomic mass is 10.1. The second kappa shape index (κ2) is 8.49. The monoisotopic (exact) mass is 362 g/mol. The average Bonchev–Trinajstić information content (AvgIpc) is 2.58. The van der Waals surface area contributed by atoms with Gasteiger partial charge in [-0.2, -0.15) is 0 Å². The molecule has 0 N–H and O–H groups in total. The van der Waals surface area contributed by atoms with Crippen molar-refractivity contribution in [1.82, 2.24) is 0 Å². The first-order chi connectivity index (χ1) is 10.8. The van der Waals surface area contributed by atoms with Crippen molar-refractivity contribution in [3.8, 4) is 17.2 Å². The summed E-state index contributed by atoms with van der Waals surface area (Å²) in [6.45, 7) is 0.462. The topological polar surface area (TPSA) is 27.7 Å². The average molecular weight is 363 g/mol. The first kappa shape index (κ1) is 16.4. The number of rotatable bonds is 7. The Labute approximate surface area is 139 Å². The van der Waals surface area contributed by atoms with Gasteiger partial charge in [0, 0.05) is 5.33 Å². The molecule has 0 aliphatic heterocycles. The molecule has 3 nitrogen and oxygen atoms in total. The molecule has 0 saturated heterocycles. The molecule has 0 amide bonds. The van der Waals surface area contributed by atoms with Gasteiger partial charge in [0.1, 0.15) is 6.61 Å². The summed E-state index contributed by atoms with van der Waals surface area (Å²) in [5, 5.41) is 0.796. The fraction of sp³-hybridized carbons (Fsp3) is 0.222. The van der Waals surface area contributed by atoms with E-state index in [1.165, 1.54) is 0 Å². The highest BCUT2D eigenvalue weighted by Gasteiger charge is 2.13. The number of halogens is 1. The number of hydrogen-bond acceptors (Lipinski definition) is 3. The number of ether oxygens (including phenoxy) is 3. The van der Waals surface area contributed by atoms with Gasteiger partial charge in [-0.1, -0.05) is 58.4 Å². The zero-order valence-corrected chi connectivity index (χ0v) is 14.3. The fourth-order valence-corrected chi connectivity index (χ4v) is 2.24. The third-order valence-corrected chi connectivity index (χ3v) is 3.48. The number of methoxy groups -OCH3 is 2. The van der Waals surface area contributed by atoms with E-state index in [0.717, 1.165) is 16.5 Å². The first-order valence-corrected chi connectivity index (χ1v) is 8.06. The van der Waals surface area contributed by atoms with Crippen LogP contribution in [0.5, 0.6) is 17.2 Å². The summed E-state index contributed by atoms with van der Waals surface area (Å²) in [6.07, 6.45) is 4.01. The number of benzene rings is 2. The van der Waals surface area contributed by atoms with Crippen molar-refractivity contribution in [2.75, 3.05) is 19.5 Å². The maximum absolute atomic E-state index is 5.91. The van der Waals surface area contributed by atoms with E-state index in [1.807, 2.05) is 54.6 Å². The normalized spacial score (nSPS) is 10.7. The maximum atomic E-state index is 5.91. The summed E-state index contributed by atoms with van der Waals surface area (Å²) in [5.41, 5.74) is 2.09. The molecular weight excluding hydrogens is 344 g/mol. The van der Waals surface area contributed by atoms with E-state index in [-0.39, 0.29) is 0 Å². The van der Waals surface area contributed by atoms with E-state index in [2.05, 4.69) is 15.9 Å². The molecule has 0 saturated carbocycles. The van der Waals surface area contributed by atoms with Crippen LogP contribution in [0.4, 0.5) is 0 Å². The predicted octanol–water partition coefficient (Wildman–Crippen LogP) is 4.69. The fourth-order valence-electron chi connectivity index (χ4n) is 2.05. The van der Waals surface area contributed by atoms with E-state index in [0.29, 0.717) is 23.9 Å². The highest BCUT2D eigenvalue weighted by Crippen LogP contribution is 2.39. The van der Waals surface area contributed by atoms with Crippen LogP contribution in [-0.4, -0.2) is 19.5 Å². The van der Waals surface area contributed by atoms with Gasteiger partial charge in [0.15, 0.2) is 11.5 Å². The molecule has 0 aliphatic carbocycles. The Morgan fingerprint density at radius 3 is 2.18 bits per heavy atom.